The smallest absolute Gasteiger partial charge is 0.337 e. The lowest BCUT2D eigenvalue weighted by atomic mass is 9.95. The number of esters is 1. The van der Waals surface area contributed by atoms with E-state index >= 15 is 0 Å². The fraction of sp³-hybridized carbons (Fsp3) is 0.158. The Morgan fingerprint density at radius 1 is 1.09 bits per heavy atom. The lowest BCUT2D eigenvalue weighted by molar-refractivity contribution is 0.0601. The summed E-state index contributed by atoms with van der Waals surface area (Å²) in [5.74, 6) is -0.364. The van der Waals surface area contributed by atoms with Gasteiger partial charge in [-0.05, 0) is 48.9 Å². The molecule has 0 bridgehead atoms. The van der Waals surface area contributed by atoms with Crippen molar-refractivity contribution in [1.82, 2.24) is 4.98 Å². The number of aryl methyl sites for hydroxylation is 2. The summed E-state index contributed by atoms with van der Waals surface area (Å²) < 4.78 is 4.82. The molecule has 0 radical (unpaired) electrons. The molecule has 0 atom stereocenters. The zero-order valence-corrected chi connectivity index (χ0v) is 13.9. The van der Waals surface area contributed by atoms with Gasteiger partial charge in [0.2, 0.25) is 0 Å². The van der Waals surface area contributed by atoms with Gasteiger partial charge in [-0.2, -0.15) is 0 Å². The number of nitrogens with zero attached hydrogens (tertiary/aromatic N) is 1. The summed E-state index contributed by atoms with van der Waals surface area (Å²) in [6, 6.07) is 13.3. The number of hydrogen-bond donors (Lipinski definition) is 0. The fourth-order valence-corrected chi connectivity index (χ4v) is 3.03. The molecule has 0 saturated carbocycles. The highest BCUT2D eigenvalue weighted by Crippen LogP contribution is 2.37. The summed E-state index contributed by atoms with van der Waals surface area (Å²) in [5.41, 5.74) is 4.22. The van der Waals surface area contributed by atoms with Crippen LogP contribution in [0.2, 0.25) is 5.02 Å². The fourth-order valence-electron chi connectivity index (χ4n) is 2.76. The number of benzene rings is 2. The third-order valence-electron chi connectivity index (χ3n) is 3.89. The number of pyridine rings is 1. The van der Waals surface area contributed by atoms with E-state index in [0.29, 0.717) is 10.6 Å². The number of carbonyl (C=O) groups is 1. The second kappa shape index (κ2) is 6.01. The summed E-state index contributed by atoms with van der Waals surface area (Å²) in [6.07, 6.45) is 0. The van der Waals surface area contributed by atoms with Crippen LogP contribution in [0.5, 0.6) is 0 Å². The Hall–Kier alpha value is -2.39. The van der Waals surface area contributed by atoms with Crippen molar-refractivity contribution in [3.63, 3.8) is 0 Å². The zero-order valence-electron chi connectivity index (χ0n) is 13.2. The summed E-state index contributed by atoms with van der Waals surface area (Å²) in [4.78, 5) is 16.4. The standard InChI is InChI=1S/C19H16ClNO2/c1-11-4-8-15(12(2)21-11)18-16-10-14(19(22)23-3)6-5-13(16)7-9-17(18)20/h4-10H,1-3H3. The summed E-state index contributed by atoms with van der Waals surface area (Å²) in [6.45, 7) is 3.92. The van der Waals surface area contributed by atoms with Crippen LogP contribution in [0.15, 0.2) is 42.5 Å². The first-order valence-corrected chi connectivity index (χ1v) is 7.64. The van der Waals surface area contributed by atoms with Crippen LogP contribution in [0.3, 0.4) is 0 Å². The Morgan fingerprint density at radius 3 is 2.52 bits per heavy atom. The molecule has 3 rings (SSSR count). The SMILES string of the molecule is COC(=O)c1ccc2ccc(Cl)c(-c3ccc(C)nc3C)c2c1. The van der Waals surface area contributed by atoms with Crippen molar-refractivity contribution in [2.45, 2.75) is 13.8 Å². The quantitative estimate of drug-likeness (QED) is 0.625. The van der Waals surface area contributed by atoms with Crippen LogP contribution >= 0.6 is 11.6 Å². The van der Waals surface area contributed by atoms with Crippen LogP contribution < -0.4 is 0 Å². The molecule has 0 fully saturated rings. The Bertz CT molecular complexity index is 919. The van der Waals surface area contributed by atoms with Gasteiger partial charge in [-0.3, -0.25) is 4.98 Å². The highest BCUT2D eigenvalue weighted by molar-refractivity contribution is 6.35. The molecule has 4 heteroatoms. The molecule has 0 amide bonds. The van der Waals surface area contributed by atoms with Crippen molar-refractivity contribution in [1.29, 1.82) is 0 Å². The van der Waals surface area contributed by atoms with Gasteiger partial charge in [-0.25, -0.2) is 4.79 Å². The third-order valence-corrected chi connectivity index (χ3v) is 4.20. The van der Waals surface area contributed by atoms with Gasteiger partial charge in [0.15, 0.2) is 0 Å². The number of methoxy groups -OCH3 is 1. The number of hydrogen-bond acceptors (Lipinski definition) is 3. The predicted octanol–water partition coefficient (Wildman–Crippen LogP) is 4.96. The largest absolute Gasteiger partial charge is 0.465 e. The van der Waals surface area contributed by atoms with Crippen LogP contribution in [0, 0.1) is 13.8 Å². The first-order chi connectivity index (χ1) is 11.0. The minimum atomic E-state index is -0.364. The first-order valence-electron chi connectivity index (χ1n) is 7.26. The van der Waals surface area contributed by atoms with Crippen molar-refractivity contribution >= 4 is 28.3 Å². The highest BCUT2D eigenvalue weighted by Gasteiger charge is 2.14. The lowest BCUT2D eigenvalue weighted by Gasteiger charge is -2.13. The van der Waals surface area contributed by atoms with E-state index in [1.54, 1.807) is 6.07 Å². The average molecular weight is 326 g/mol. The van der Waals surface area contributed by atoms with Crippen LogP contribution in [-0.2, 0) is 4.74 Å². The van der Waals surface area contributed by atoms with Crippen LogP contribution in [0.4, 0.5) is 0 Å². The molecule has 0 unspecified atom stereocenters. The summed E-state index contributed by atoms with van der Waals surface area (Å²) in [5, 5.41) is 2.56. The molecule has 0 aliphatic rings. The van der Waals surface area contributed by atoms with Crippen LogP contribution in [0.25, 0.3) is 21.9 Å². The van der Waals surface area contributed by atoms with Gasteiger partial charge in [-0.1, -0.05) is 29.8 Å². The van der Waals surface area contributed by atoms with Crippen molar-refractivity contribution in [2.24, 2.45) is 0 Å². The normalized spacial score (nSPS) is 10.8. The van der Waals surface area contributed by atoms with Crippen molar-refractivity contribution < 1.29 is 9.53 Å². The molecule has 2 aromatic carbocycles. The van der Waals surface area contributed by atoms with Crippen molar-refractivity contribution in [3.05, 3.63) is 64.4 Å². The van der Waals surface area contributed by atoms with E-state index in [4.69, 9.17) is 16.3 Å². The number of aromatic nitrogens is 1. The van der Waals surface area contributed by atoms with E-state index in [0.717, 1.165) is 33.3 Å². The Balaban J connectivity index is 2.33. The topological polar surface area (TPSA) is 39.2 Å². The zero-order chi connectivity index (χ0) is 16.6. The maximum absolute atomic E-state index is 11.8. The number of fused-ring (bicyclic) bond motifs is 1. The molecule has 116 valence electrons. The minimum Gasteiger partial charge on any atom is -0.465 e. The maximum atomic E-state index is 11.8. The first kappa shape index (κ1) is 15.5. The van der Waals surface area contributed by atoms with Crippen molar-refractivity contribution in [2.75, 3.05) is 7.11 Å². The van der Waals surface area contributed by atoms with Crippen LogP contribution in [0.1, 0.15) is 21.7 Å². The minimum absolute atomic E-state index is 0.364. The molecule has 0 spiro atoms. The van der Waals surface area contributed by atoms with E-state index in [1.807, 2.05) is 50.2 Å². The molecule has 1 aromatic heterocycles. The van der Waals surface area contributed by atoms with E-state index in [9.17, 15) is 4.79 Å². The van der Waals surface area contributed by atoms with Gasteiger partial charge in [0.05, 0.1) is 12.7 Å². The van der Waals surface area contributed by atoms with Crippen molar-refractivity contribution in [3.8, 4) is 11.1 Å². The van der Waals surface area contributed by atoms with Gasteiger partial charge in [-0.15, -0.1) is 0 Å². The Morgan fingerprint density at radius 2 is 1.83 bits per heavy atom. The Kier molecular flexibility index (Phi) is 4.05. The molecule has 23 heavy (non-hydrogen) atoms. The molecule has 3 nitrogen and oxygen atoms in total. The Labute approximate surface area is 139 Å². The van der Waals surface area contributed by atoms with Crippen LogP contribution in [-0.4, -0.2) is 18.1 Å². The monoisotopic (exact) mass is 325 g/mol. The molecule has 0 N–H and O–H groups in total. The molecule has 0 aliphatic heterocycles. The highest BCUT2D eigenvalue weighted by atomic mass is 35.5. The number of ether oxygens (including phenoxy) is 1. The van der Waals surface area contributed by atoms with E-state index in [-0.39, 0.29) is 5.97 Å². The number of carbonyl (C=O) groups excluding carboxylic acids is 1. The molecular weight excluding hydrogens is 310 g/mol. The third kappa shape index (κ3) is 2.80. The average Bonchev–Trinajstić information content (AvgIpc) is 2.54. The van der Waals surface area contributed by atoms with Gasteiger partial charge >= 0.3 is 5.97 Å². The van der Waals surface area contributed by atoms with E-state index in [1.165, 1.54) is 7.11 Å². The van der Waals surface area contributed by atoms with E-state index in [2.05, 4.69) is 4.98 Å². The number of halogens is 1. The summed E-state index contributed by atoms with van der Waals surface area (Å²) >= 11 is 6.47. The van der Waals surface area contributed by atoms with E-state index < -0.39 is 0 Å². The maximum Gasteiger partial charge on any atom is 0.337 e. The molecule has 0 aliphatic carbocycles. The number of rotatable bonds is 2. The van der Waals surface area contributed by atoms with Gasteiger partial charge in [0, 0.05) is 27.5 Å². The molecular formula is C19H16ClNO2. The molecule has 0 saturated heterocycles. The molecule has 3 aromatic rings. The second-order valence-corrected chi connectivity index (χ2v) is 5.84. The van der Waals surface area contributed by atoms with Gasteiger partial charge < -0.3 is 4.74 Å². The molecule has 1 heterocycles. The summed E-state index contributed by atoms with van der Waals surface area (Å²) in [7, 11) is 1.37. The predicted molar refractivity (Wildman–Crippen MR) is 93.0 cm³/mol. The second-order valence-electron chi connectivity index (χ2n) is 5.44. The van der Waals surface area contributed by atoms with Gasteiger partial charge in [0.1, 0.15) is 0 Å². The van der Waals surface area contributed by atoms with Gasteiger partial charge in [0.25, 0.3) is 0 Å². The lowest BCUT2D eigenvalue weighted by Crippen LogP contribution is -2.01.